The summed E-state index contributed by atoms with van der Waals surface area (Å²) >= 11 is 6.03. The van der Waals surface area contributed by atoms with Crippen LogP contribution in [0.5, 0.6) is 0 Å². The quantitative estimate of drug-likeness (QED) is 0.831. The van der Waals surface area contributed by atoms with Crippen LogP contribution in [0.4, 0.5) is 16.3 Å². The molecule has 1 aliphatic heterocycles. The van der Waals surface area contributed by atoms with E-state index in [1.807, 2.05) is 20.8 Å². The molecule has 1 amide bonds. The number of ether oxygens (including phenoxy) is 1. The second kappa shape index (κ2) is 6.56. The van der Waals surface area contributed by atoms with Crippen LogP contribution in [0, 0.1) is 0 Å². The van der Waals surface area contributed by atoms with Crippen LogP contribution in [-0.2, 0) is 4.74 Å². The minimum absolute atomic E-state index is 0.102. The summed E-state index contributed by atoms with van der Waals surface area (Å²) in [5.74, 6) is 0.638. The molecule has 1 aromatic rings. The fraction of sp³-hybridized carbons (Fsp3) is 0.643. The monoisotopic (exact) mass is 327 g/mol. The van der Waals surface area contributed by atoms with Gasteiger partial charge in [0.15, 0.2) is 11.0 Å². The van der Waals surface area contributed by atoms with Crippen LogP contribution < -0.4 is 10.6 Å². The Morgan fingerprint density at radius 2 is 2.18 bits per heavy atom. The summed E-state index contributed by atoms with van der Waals surface area (Å²) in [4.78, 5) is 21.9. The van der Waals surface area contributed by atoms with Gasteiger partial charge in [0.1, 0.15) is 17.6 Å². The normalized spacial score (nSPS) is 18.2. The fourth-order valence-electron chi connectivity index (χ4n) is 2.26. The molecule has 7 nitrogen and oxygen atoms in total. The number of anilines is 2. The highest BCUT2D eigenvalue weighted by molar-refractivity contribution is 6.32. The van der Waals surface area contributed by atoms with E-state index >= 15 is 0 Å². The van der Waals surface area contributed by atoms with Crippen LogP contribution in [0.1, 0.15) is 27.2 Å². The van der Waals surface area contributed by atoms with E-state index in [1.165, 1.54) is 6.33 Å². The lowest BCUT2D eigenvalue weighted by molar-refractivity contribution is 0.0293. The molecule has 2 rings (SSSR count). The molecule has 8 heteroatoms. The number of hydrogen-bond donors (Lipinski definition) is 2. The summed E-state index contributed by atoms with van der Waals surface area (Å²) in [6.45, 7) is 6.80. The molecule has 1 aliphatic rings. The van der Waals surface area contributed by atoms with Crippen LogP contribution >= 0.6 is 11.6 Å². The average Bonchev–Trinajstić information content (AvgIpc) is 2.86. The Bertz CT molecular complexity index is 547. The Kier molecular flexibility index (Phi) is 4.95. The number of carbonyl (C=O) groups is 1. The van der Waals surface area contributed by atoms with Gasteiger partial charge in [-0.05, 0) is 27.2 Å². The number of hydrogen-bond acceptors (Lipinski definition) is 6. The van der Waals surface area contributed by atoms with E-state index in [0.29, 0.717) is 29.7 Å². The Labute approximate surface area is 135 Å². The number of likely N-dealkylation sites (tertiary alicyclic amines) is 1. The Morgan fingerprint density at radius 3 is 2.82 bits per heavy atom. The van der Waals surface area contributed by atoms with E-state index in [9.17, 15) is 4.79 Å². The van der Waals surface area contributed by atoms with Crippen LogP contribution in [0.3, 0.4) is 0 Å². The summed E-state index contributed by atoms with van der Waals surface area (Å²) < 4.78 is 5.38. The average molecular weight is 328 g/mol. The van der Waals surface area contributed by atoms with E-state index < -0.39 is 5.60 Å². The van der Waals surface area contributed by atoms with Crippen LogP contribution in [0.25, 0.3) is 0 Å². The predicted octanol–water partition coefficient (Wildman–Crippen LogP) is 2.59. The maximum Gasteiger partial charge on any atom is 0.410 e. The summed E-state index contributed by atoms with van der Waals surface area (Å²) in [6, 6.07) is 0.102. The van der Waals surface area contributed by atoms with Crippen LogP contribution in [-0.4, -0.2) is 52.7 Å². The van der Waals surface area contributed by atoms with Gasteiger partial charge in [-0.15, -0.1) is 0 Å². The fourth-order valence-corrected chi connectivity index (χ4v) is 2.49. The molecule has 0 radical (unpaired) electrons. The molecule has 122 valence electrons. The lowest BCUT2D eigenvalue weighted by atomic mass is 10.2. The molecule has 0 aliphatic carbocycles. The highest BCUT2D eigenvalue weighted by Crippen LogP contribution is 2.27. The standard InChI is InChI=1S/C14H22ClN5O2/c1-14(2,3)22-13(21)20-6-5-9(7-20)19-12-10(16-4)11(15)17-8-18-12/h8-9,16H,5-7H2,1-4H3,(H,17,18,19). The number of rotatable bonds is 3. The highest BCUT2D eigenvalue weighted by Gasteiger charge is 2.30. The molecule has 0 spiro atoms. The Morgan fingerprint density at radius 1 is 1.45 bits per heavy atom. The molecular weight excluding hydrogens is 306 g/mol. The topological polar surface area (TPSA) is 79.4 Å². The number of aromatic nitrogens is 2. The third-order valence-corrected chi connectivity index (χ3v) is 3.52. The third-order valence-electron chi connectivity index (χ3n) is 3.23. The molecular formula is C14H22ClN5O2. The SMILES string of the molecule is CNc1c(Cl)ncnc1NC1CCN(C(=O)OC(C)(C)C)C1. The van der Waals surface area contributed by atoms with Gasteiger partial charge in [0.2, 0.25) is 0 Å². The molecule has 0 aromatic carbocycles. The van der Waals surface area contributed by atoms with Crippen molar-refractivity contribution in [3.8, 4) is 0 Å². The maximum atomic E-state index is 12.1. The summed E-state index contributed by atoms with van der Waals surface area (Å²) in [5.41, 5.74) is 0.169. The van der Waals surface area contributed by atoms with Crippen molar-refractivity contribution in [1.29, 1.82) is 0 Å². The predicted molar refractivity (Wildman–Crippen MR) is 86.4 cm³/mol. The van der Waals surface area contributed by atoms with E-state index in [-0.39, 0.29) is 12.1 Å². The molecule has 2 heterocycles. The number of nitrogens with one attached hydrogen (secondary N) is 2. The first-order valence-electron chi connectivity index (χ1n) is 7.23. The van der Waals surface area contributed by atoms with Crippen molar-refractivity contribution in [1.82, 2.24) is 14.9 Å². The van der Waals surface area contributed by atoms with Crippen molar-refractivity contribution >= 4 is 29.2 Å². The van der Waals surface area contributed by atoms with Gasteiger partial charge in [-0.1, -0.05) is 11.6 Å². The largest absolute Gasteiger partial charge is 0.444 e. The molecule has 0 saturated carbocycles. The van der Waals surface area contributed by atoms with Gasteiger partial charge >= 0.3 is 6.09 Å². The number of nitrogens with zero attached hydrogens (tertiary/aromatic N) is 3. The van der Waals surface area contributed by atoms with Crippen molar-refractivity contribution in [2.75, 3.05) is 30.8 Å². The zero-order valence-corrected chi connectivity index (χ0v) is 14.1. The van der Waals surface area contributed by atoms with Crippen molar-refractivity contribution in [2.24, 2.45) is 0 Å². The van der Waals surface area contributed by atoms with Gasteiger partial charge < -0.3 is 20.3 Å². The summed E-state index contributed by atoms with van der Waals surface area (Å²) in [7, 11) is 1.76. The first-order chi connectivity index (χ1) is 10.3. The molecule has 1 saturated heterocycles. The van der Waals surface area contributed by atoms with Gasteiger partial charge in [0, 0.05) is 26.2 Å². The second-order valence-electron chi connectivity index (χ2n) is 6.19. The van der Waals surface area contributed by atoms with E-state index in [4.69, 9.17) is 16.3 Å². The first kappa shape index (κ1) is 16.6. The van der Waals surface area contributed by atoms with E-state index in [1.54, 1.807) is 11.9 Å². The molecule has 1 unspecified atom stereocenters. The van der Waals surface area contributed by atoms with Crippen molar-refractivity contribution in [2.45, 2.75) is 38.8 Å². The highest BCUT2D eigenvalue weighted by atomic mass is 35.5. The van der Waals surface area contributed by atoms with Crippen LogP contribution in [0.15, 0.2) is 6.33 Å². The molecule has 1 atom stereocenters. The summed E-state index contributed by atoms with van der Waals surface area (Å²) in [5, 5.41) is 6.64. The van der Waals surface area contributed by atoms with Gasteiger partial charge in [0.25, 0.3) is 0 Å². The molecule has 0 bridgehead atoms. The zero-order valence-electron chi connectivity index (χ0n) is 13.3. The lowest BCUT2D eigenvalue weighted by Gasteiger charge is -2.24. The third kappa shape index (κ3) is 4.13. The number of halogens is 1. The molecule has 1 fully saturated rings. The molecule has 22 heavy (non-hydrogen) atoms. The van der Waals surface area contributed by atoms with Gasteiger partial charge in [-0.2, -0.15) is 0 Å². The van der Waals surface area contributed by atoms with Crippen molar-refractivity contribution < 1.29 is 9.53 Å². The van der Waals surface area contributed by atoms with E-state index in [0.717, 1.165) is 6.42 Å². The Hall–Kier alpha value is -1.76. The smallest absolute Gasteiger partial charge is 0.410 e. The second-order valence-corrected chi connectivity index (χ2v) is 6.55. The minimum Gasteiger partial charge on any atom is -0.444 e. The first-order valence-corrected chi connectivity index (χ1v) is 7.60. The summed E-state index contributed by atoms with van der Waals surface area (Å²) in [6.07, 6.45) is 1.95. The van der Waals surface area contributed by atoms with Crippen molar-refractivity contribution in [3.63, 3.8) is 0 Å². The van der Waals surface area contributed by atoms with Gasteiger partial charge in [-0.25, -0.2) is 14.8 Å². The minimum atomic E-state index is -0.484. The molecule has 2 N–H and O–H groups in total. The lowest BCUT2D eigenvalue weighted by Crippen LogP contribution is -2.36. The van der Waals surface area contributed by atoms with Gasteiger partial charge in [0.05, 0.1) is 0 Å². The van der Waals surface area contributed by atoms with Gasteiger partial charge in [-0.3, -0.25) is 0 Å². The van der Waals surface area contributed by atoms with Crippen LogP contribution in [0.2, 0.25) is 5.15 Å². The zero-order chi connectivity index (χ0) is 16.3. The molecule has 1 aromatic heterocycles. The van der Waals surface area contributed by atoms with E-state index in [2.05, 4.69) is 20.6 Å². The number of amides is 1. The maximum absolute atomic E-state index is 12.1. The van der Waals surface area contributed by atoms with Crippen molar-refractivity contribution in [3.05, 3.63) is 11.5 Å². The number of carbonyl (C=O) groups excluding carboxylic acids is 1. The Balaban J connectivity index is 1.97.